The van der Waals surface area contributed by atoms with Gasteiger partial charge in [0.1, 0.15) is 13.1 Å². The Bertz CT molecular complexity index is 963. The fourth-order valence-electron chi connectivity index (χ4n) is 2.46. The summed E-state index contributed by atoms with van der Waals surface area (Å²) in [6.45, 7) is -1.75. The molecule has 0 atom stereocenters. The molecule has 1 aliphatic rings. The van der Waals surface area contributed by atoms with Crippen LogP contribution in [0, 0.1) is 0 Å². The zero-order valence-corrected chi connectivity index (χ0v) is 15.0. The molecule has 0 N–H and O–H groups in total. The molecule has 0 bridgehead atoms. The summed E-state index contributed by atoms with van der Waals surface area (Å²) in [5.74, 6) is -1.99. The van der Waals surface area contributed by atoms with Gasteiger partial charge in [-0.05, 0) is 24.3 Å². The second-order valence-corrected chi connectivity index (χ2v) is 9.16. The van der Waals surface area contributed by atoms with Crippen LogP contribution < -0.4 is 0 Å². The van der Waals surface area contributed by atoms with Gasteiger partial charge in [-0.1, -0.05) is 36.4 Å². The lowest BCUT2D eigenvalue weighted by molar-refractivity contribution is -0.141. The molecule has 1 saturated heterocycles. The van der Waals surface area contributed by atoms with E-state index in [4.69, 9.17) is 0 Å². The molecule has 0 aromatic heterocycles. The Balaban J connectivity index is 1.92. The molecule has 2 aromatic carbocycles. The van der Waals surface area contributed by atoms with Gasteiger partial charge in [-0.2, -0.15) is 0 Å². The van der Waals surface area contributed by atoms with Gasteiger partial charge in [0.2, 0.25) is 0 Å². The molecule has 0 unspecified atom stereocenters. The number of carbonyl (C=O) groups excluding carboxylic acids is 2. The van der Waals surface area contributed by atoms with Crippen LogP contribution in [-0.2, 0) is 29.6 Å². The highest BCUT2D eigenvalue weighted by atomic mass is 32.2. The lowest BCUT2D eigenvalue weighted by atomic mass is 10.4. The van der Waals surface area contributed by atoms with Crippen LogP contribution in [0.1, 0.15) is 0 Å². The van der Waals surface area contributed by atoms with Gasteiger partial charge in [0.15, 0.2) is 0 Å². The molecule has 8 nitrogen and oxygen atoms in total. The molecule has 0 spiro atoms. The molecule has 0 aliphatic carbocycles. The Morgan fingerprint density at radius 3 is 1.19 bits per heavy atom. The second-order valence-electron chi connectivity index (χ2n) is 5.44. The SMILES string of the molecule is O=C1CN(S(=O)(=O)c2ccccc2)C(=O)CN1S(=O)(=O)c1ccccc1. The molecule has 1 heterocycles. The number of piperazine rings is 1. The summed E-state index contributed by atoms with van der Waals surface area (Å²) in [6, 6.07) is 14.3. The smallest absolute Gasteiger partial charge is 0.267 e. The van der Waals surface area contributed by atoms with Gasteiger partial charge in [-0.25, -0.2) is 25.4 Å². The zero-order valence-electron chi connectivity index (χ0n) is 13.3. The molecular weight excluding hydrogens is 380 g/mol. The first kappa shape index (κ1) is 18.1. The van der Waals surface area contributed by atoms with Crippen molar-refractivity contribution in [3.05, 3.63) is 60.7 Å². The number of amides is 2. The summed E-state index contributed by atoms with van der Waals surface area (Å²) in [4.78, 5) is 24.4. The van der Waals surface area contributed by atoms with Gasteiger partial charge in [0.05, 0.1) is 9.79 Å². The summed E-state index contributed by atoms with van der Waals surface area (Å²) < 4.78 is 51.0. The molecule has 2 amide bonds. The molecule has 1 fully saturated rings. The summed E-state index contributed by atoms with van der Waals surface area (Å²) in [5, 5.41) is 0. The lowest BCUT2D eigenvalue weighted by Gasteiger charge is -2.32. The van der Waals surface area contributed by atoms with Crippen molar-refractivity contribution in [2.24, 2.45) is 0 Å². The summed E-state index contributed by atoms with van der Waals surface area (Å²) in [7, 11) is -8.47. The van der Waals surface area contributed by atoms with Crippen molar-refractivity contribution >= 4 is 31.9 Å². The molecule has 26 heavy (non-hydrogen) atoms. The van der Waals surface area contributed by atoms with Gasteiger partial charge in [0, 0.05) is 0 Å². The van der Waals surface area contributed by atoms with Crippen LogP contribution >= 0.6 is 0 Å². The van der Waals surface area contributed by atoms with Crippen LogP contribution in [0.2, 0.25) is 0 Å². The van der Waals surface area contributed by atoms with Crippen LogP contribution in [0.25, 0.3) is 0 Å². The van der Waals surface area contributed by atoms with Crippen molar-refractivity contribution in [1.29, 1.82) is 0 Å². The van der Waals surface area contributed by atoms with E-state index in [-0.39, 0.29) is 9.79 Å². The van der Waals surface area contributed by atoms with E-state index in [2.05, 4.69) is 0 Å². The predicted octanol–water partition coefficient (Wildman–Crippen LogP) is 0.435. The lowest BCUT2D eigenvalue weighted by Crippen LogP contribution is -2.56. The molecule has 0 radical (unpaired) electrons. The summed E-state index contributed by atoms with van der Waals surface area (Å²) in [6.07, 6.45) is 0. The number of rotatable bonds is 4. The van der Waals surface area contributed by atoms with E-state index < -0.39 is 45.0 Å². The average molecular weight is 394 g/mol. The van der Waals surface area contributed by atoms with Crippen molar-refractivity contribution < 1.29 is 26.4 Å². The molecule has 10 heteroatoms. The van der Waals surface area contributed by atoms with E-state index in [0.29, 0.717) is 8.61 Å². The number of carbonyl (C=O) groups is 2. The van der Waals surface area contributed by atoms with Crippen LogP contribution in [0.3, 0.4) is 0 Å². The second kappa shape index (κ2) is 6.54. The Hall–Kier alpha value is -2.72. The Morgan fingerprint density at radius 1 is 0.577 bits per heavy atom. The quantitative estimate of drug-likeness (QED) is 0.744. The zero-order chi connectivity index (χ0) is 18.9. The molecule has 2 aromatic rings. The van der Waals surface area contributed by atoms with Crippen molar-refractivity contribution in [2.75, 3.05) is 13.1 Å². The topological polar surface area (TPSA) is 109 Å². The maximum atomic E-state index is 12.6. The highest BCUT2D eigenvalue weighted by molar-refractivity contribution is 7.90. The minimum Gasteiger partial charge on any atom is -0.272 e. The van der Waals surface area contributed by atoms with Gasteiger partial charge < -0.3 is 0 Å². The molecular formula is C16H14N2O6S2. The van der Waals surface area contributed by atoms with E-state index in [1.54, 1.807) is 12.1 Å². The number of hydrogen-bond acceptors (Lipinski definition) is 6. The minimum atomic E-state index is -4.24. The van der Waals surface area contributed by atoms with E-state index >= 15 is 0 Å². The third-order valence-corrected chi connectivity index (χ3v) is 7.34. The summed E-state index contributed by atoms with van der Waals surface area (Å²) in [5.41, 5.74) is 0. The minimum absolute atomic E-state index is 0.152. The largest absolute Gasteiger partial charge is 0.272 e. The van der Waals surface area contributed by atoms with E-state index in [9.17, 15) is 26.4 Å². The third-order valence-electron chi connectivity index (χ3n) is 3.78. The first-order valence-electron chi connectivity index (χ1n) is 7.46. The van der Waals surface area contributed by atoms with E-state index in [1.165, 1.54) is 48.5 Å². The maximum Gasteiger partial charge on any atom is 0.267 e. The fraction of sp³-hybridized carbons (Fsp3) is 0.125. The molecule has 1 aliphatic heterocycles. The third kappa shape index (κ3) is 3.08. The molecule has 3 rings (SSSR count). The maximum absolute atomic E-state index is 12.6. The highest BCUT2D eigenvalue weighted by Gasteiger charge is 2.42. The van der Waals surface area contributed by atoms with Crippen LogP contribution in [0.4, 0.5) is 0 Å². The molecule has 0 saturated carbocycles. The summed E-state index contributed by atoms with van der Waals surface area (Å²) >= 11 is 0. The van der Waals surface area contributed by atoms with Crippen LogP contribution in [0.5, 0.6) is 0 Å². The predicted molar refractivity (Wildman–Crippen MR) is 90.7 cm³/mol. The average Bonchev–Trinajstić information content (AvgIpc) is 2.64. The molecule has 136 valence electrons. The fourth-order valence-corrected chi connectivity index (χ4v) is 5.18. The normalized spacial score (nSPS) is 16.0. The highest BCUT2D eigenvalue weighted by Crippen LogP contribution is 2.22. The van der Waals surface area contributed by atoms with E-state index in [0.717, 1.165) is 0 Å². The van der Waals surface area contributed by atoms with Crippen molar-refractivity contribution in [2.45, 2.75) is 9.79 Å². The first-order chi connectivity index (χ1) is 12.2. The first-order valence-corrected chi connectivity index (χ1v) is 10.3. The number of benzene rings is 2. The van der Waals surface area contributed by atoms with Crippen molar-refractivity contribution in [3.8, 4) is 0 Å². The Labute approximate surface area is 150 Å². The van der Waals surface area contributed by atoms with Gasteiger partial charge in [-0.15, -0.1) is 0 Å². The van der Waals surface area contributed by atoms with Gasteiger partial charge in [0.25, 0.3) is 31.9 Å². The van der Waals surface area contributed by atoms with Crippen molar-refractivity contribution in [3.63, 3.8) is 0 Å². The monoisotopic (exact) mass is 394 g/mol. The van der Waals surface area contributed by atoms with Gasteiger partial charge in [-0.3, -0.25) is 9.59 Å². The van der Waals surface area contributed by atoms with E-state index in [1.807, 2.05) is 0 Å². The number of hydrogen-bond donors (Lipinski definition) is 0. The van der Waals surface area contributed by atoms with Gasteiger partial charge >= 0.3 is 0 Å². The number of nitrogens with zero attached hydrogens (tertiary/aromatic N) is 2. The Morgan fingerprint density at radius 2 is 0.885 bits per heavy atom. The van der Waals surface area contributed by atoms with Crippen molar-refractivity contribution in [1.82, 2.24) is 8.61 Å². The standard InChI is InChI=1S/C16H14N2O6S2/c19-15-12-18(26(23,24)14-9-5-2-6-10-14)16(20)11-17(15)25(21,22)13-7-3-1-4-8-13/h1-10H,11-12H2. The van der Waals surface area contributed by atoms with Crippen LogP contribution in [0.15, 0.2) is 70.5 Å². The Kier molecular flexibility index (Phi) is 4.55. The van der Waals surface area contributed by atoms with Crippen LogP contribution in [-0.4, -0.2) is 50.3 Å². The number of sulfonamides is 2.